The molecule has 4 aliphatic rings. The quantitative estimate of drug-likeness (QED) is 0.282. The fourth-order valence-electron chi connectivity index (χ4n) is 10.2. The lowest BCUT2D eigenvalue weighted by Gasteiger charge is -2.57. The highest BCUT2D eigenvalue weighted by atomic mass is 14.7. The monoisotopic (exact) mass is 475 g/mol. The molecule has 1 aromatic rings. The molecule has 0 amide bonds. The summed E-state index contributed by atoms with van der Waals surface area (Å²) in [6.45, 7) is 12.1. The van der Waals surface area contributed by atoms with Crippen LogP contribution in [0.3, 0.4) is 0 Å². The Bertz CT molecular complexity index is 900. The van der Waals surface area contributed by atoms with Crippen molar-refractivity contribution in [1.29, 1.82) is 0 Å². The zero-order valence-corrected chi connectivity index (χ0v) is 23.6. The van der Waals surface area contributed by atoms with Gasteiger partial charge >= 0.3 is 0 Å². The van der Waals surface area contributed by atoms with Gasteiger partial charge in [0, 0.05) is 17.8 Å². The first-order chi connectivity index (χ1) is 16.9. The fourth-order valence-corrected chi connectivity index (χ4v) is 10.2. The number of pyridine rings is 1. The van der Waals surface area contributed by atoms with Crippen LogP contribution in [0.2, 0.25) is 0 Å². The van der Waals surface area contributed by atoms with Gasteiger partial charge in [0.2, 0.25) is 0 Å². The first-order valence-electron chi connectivity index (χ1n) is 15.4. The fraction of sp³-hybridized carbons (Fsp3) is 0.794. The highest BCUT2D eigenvalue weighted by Crippen LogP contribution is 2.66. The van der Waals surface area contributed by atoms with E-state index in [1.165, 1.54) is 76.3 Å². The summed E-state index contributed by atoms with van der Waals surface area (Å²) in [4.78, 5) is 4.86. The number of hydrogen-bond acceptors (Lipinski definition) is 1. The molecule has 1 aromatic heterocycles. The van der Waals surface area contributed by atoms with Gasteiger partial charge in [0.05, 0.1) is 0 Å². The Balaban J connectivity index is 1.27. The molecule has 35 heavy (non-hydrogen) atoms. The average Bonchev–Trinajstić information content (AvgIpc) is 3.19. The number of hydrogen-bond donors (Lipinski definition) is 0. The summed E-state index contributed by atoms with van der Waals surface area (Å²) >= 11 is 0. The van der Waals surface area contributed by atoms with Crippen LogP contribution in [0.25, 0.3) is 0 Å². The lowest BCUT2D eigenvalue weighted by molar-refractivity contribution is -0.0761. The second-order valence-electron chi connectivity index (χ2n) is 13.9. The van der Waals surface area contributed by atoms with Gasteiger partial charge in [-0.05, 0) is 137 Å². The van der Waals surface area contributed by atoms with Crippen molar-refractivity contribution in [3.05, 3.63) is 41.2 Å². The molecule has 0 radical (unpaired) electrons. The Hall–Kier alpha value is -1.11. The summed E-state index contributed by atoms with van der Waals surface area (Å²) < 4.78 is 0. The summed E-state index contributed by atoms with van der Waals surface area (Å²) in [6, 6.07) is 6.55. The van der Waals surface area contributed by atoms with Crippen molar-refractivity contribution in [3.63, 3.8) is 0 Å². The van der Waals surface area contributed by atoms with E-state index in [2.05, 4.69) is 58.9 Å². The topological polar surface area (TPSA) is 12.9 Å². The van der Waals surface area contributed by atoms with Crippen LogP contribution in [0.1, 0.15) is 123 Å². The molecule has 0 aliphatic heterocycles. The molecule has 4 aliphatic carbocycles. The van der Waals surface area contributed by atoms with Crippen LogP contribution in [-0.4, -0.2) is 4.98 Å². The van der Waals surface area contributed by atoms with Crippen molar-refractivity contribution >= 4 is 0 Å². The molecule has 4 saturated carbocycles. The summed E-state index contributed by atoms with van der Waals surface area (Å²) in [6.07, 6.45) is 22.8. The van der Waals surface area contributed by atoms with Crippen molar-refractivity contribution in [1.82, 2.24) is 4.98 Å². The van der Waals surface area contributed by atoms with E-state index in [9.17, 15) is 0 Å². The van der Waals surface area contributed by atoms with Gasteiger partial charge in [0.1, 0.15) is 0 Å². The zero-order valence-electron chi connectivity index (χ0n) is 23.6. The second kappa shape index (κ2) is 10.3. The Labute approximate surface area is 217 Å². The number of unbranched alkanes of at least 4 members (excludes halogenated alkanes) is 2. The number of nitrogens with zero attached hydrogens (tertiary/aromatic N) is 1. The Morgan fingerprint density at radius 3 is 2.57 bits per heavy atom. The van der Waals surface area contributed by atoms with Gasteiger partial charge < -0.3 is 0 Å². The van der Waals surface area contributed by atoms with Crippen LogP contribution in [0, 0.1) is 53.3 Å². The van der Waals surface area contributed by atoms with Crippen molar-refractivity contribution in [2.45, 2.75) is 125 Å². The van der Waals surface area contributed by atoms with E-state index in [4.69, 9.17) is 4.98 Å². The molecular formula is C34H53N. The van der Waals surface area contributed by atoms with Crippen LogP contribution in [0.15, 0.2) is 29.8 Å². The molecule has 0 spiro atoms. The van der Waals surface area contributed by atoms with Gasteiger partial charge in [-0.15, -0.1) is 0 Å². The summed E-state index contributed by atoms with van der Waals surface area (Å²) in [5.74, 6) is 5.88. The van der Waals surface area contributed by atoms with E-state index in [-0.39, 0.29) is 0 Å². The van der Waals surface area contributed by atoms with E-state index in [0.717, 1.165) is 47.6 Å². The van der Waals surface area contributed by atoms with Crippen LogP contribution >= 0.6 is 0 Å². The maximum absolute atomic E-state index is 4.86. The number of aryl methyl sites for hydroxylation is 1. The lowest BCUT2D eigenvalue weighted by Crippen LogP contribution is -2.49. The van der Waals surface area contributed by atoms with Gasteiger partial charge in [-0.25, -0.2) is 0 Å². The van der Waals surface area contributed by atoms with E-state index >= 15 is 0 Å². The average molecular weight is 476 g/mol. The number of fused-ring (bicyclic) bond motifs is 5. The van der Waals surface area contributed by atoms with Gasteiger partial charge in [0.25, 0.3) is 0 Å². The van der Waals surface area contributed by atoms with E-state index in [1.807, 2.05) is 0 Å². The van der Waals surface area contributed by atoms with Crippen molar-refractivity contribution in [3.8, 4) is 0 Å². The first-order valence-corrected chi connectivity index (χ1v) is 15.4. The molecule has 4 fully saturated rings. The predicted molar refractivity (Wildman–Crippen MR) is 149 cm³/mol. The molecule has 1 heterocycles. The third kappa shape index (κ3) is 4.92. The molecule has 5 rings (SSSR count). The predicted octanol–water partition coefficient (Wildman–Crippen LogP) is 9.73. The molecule has 8 atom stereocenters. The Kier molecular flexibility index (Phi) is 7.54. The van der Waals surface area contributed by atoms with E-state index in [1.54, 1.807) is 18.4 Å². The lowest BCUT2D eigenvalue weighted by atomic mass is 9.47. The minimum absolute atomic E-state index is 0.517. The molecule has 0 bridgehead atoms. The number of rotatable bonds is 7. The highest BCUT2D eigenvalue weighted by Gasteiger charge is 2.57. The molecular weight excluding hydrogens is 422 g/mol. The van der Waals surface area contributed by atoms with Gasteiger partial charge in [-0.1, -0.05) is 57.7 Å². The maximum Gasteiger partial charge on any atom is 0.0447 e. The minimum Gasteiger partial charge on any atom is -0.258 e. The summed E-state index contributed by atoms with van der Waals surface area (Å²) in [5.41, 5.74) is 5.27. The molecule has 1 heteroatoms. The SMILES string of the molecule is C/C=C(\Cc1cccc(C)n1)C1CC[C@H]2C3CCC4CC(C)(CCCCC)CC[C@@H]4[C@H]3CC[C@]12C. The molecule has 4 unspecified atom stereocenters. The molecule has 0 N–H and O–H groups in total. The Morgan fingerprint density at radius 1 is 0.971 bits per heavy atom. The number of allylic oxidation sites excluding steroid dienone is 2. The third-order valence-corrected chi connectivity index (χ3v) is 11.9. The zero-order chi connectivity index (χ0) is 24.6. The molecule has 194 valence electrons. The molecule has 1 nitrogen and oxygen atoms in total. The highest BCUT2D eigenvalue weighted by molar-refractivity contribution is 5.23. The van der Waals surface area contributed by atoms with Gasteiger partial charge in [-0.2, -0.15) is 0 Å². The summed E-state index contributed by atoms with van der Waals surface area (Å²) in [5, 5.41) is 0. The van der Waals surface area contributed by atoms with Crippen molar-refractivity contribution < 1.29 is 0 Å². The second-order valence-corrected chi connectivity index (χ2v) is 13.9. The standard InChI is InChI=1S/C34H53N/c1-6-8-9-19-33(4)20-17-28-26(23-33)13-14-30-29(28)18-21-34(5)31(15-16-32(30)34)25(7-2)22-27-12-10-11-24(3)35-27/h7,10-12,26,28-32H,6,8-9,13-23H2,1-5H3/b25-7+/t26?,28-,29+,30?,31?,32-,33?,34+/m0/s1. The van der Waals surface area contributed by atoms with Crippen molar-refractivity contribution in [2.24, 2.45) is 46.3 Å². The van der Waals surface area contributed by atoms with Crippen LogP contribution < -0.4 is 0 Å². The van der Waals surface area contributed by atoms with E-state index in [0.29, 0.717) is 10.8 Å². The maximum atomic E-state index is 4.86. The first kappa shape index (κ1) is 25.5. The van der Waals surface area contributed by atoms with Crippen LogP contribution in [0.5, 0.6) is 0 Å². The van der Waals surface area contributed by atoms with Gasteiger partial charge in [-0.3, -0.25) is 4.98 Å². The third-order valence-electron chi connectivity index (χ3n) is 11.9. The number of aromatic nitrogens is 1. The van der Waals surface area contributed by atoms with Gasteiger partial charge in [0.15, 0.2) is 0 Å². The molecule has 0 saturated heterocycles. The van der Waals surface area contributed by atoms with Crippen molar-refractivity contribution in [2.75, 3.05) is 0 Å². The van der Waals surface area contributed by atoms with Crippen LogP contribution in [-0.2, 0) is 6.42 Å². The molecule has 0 aromatic carbocycles. The minimum atomic E-state index is 0.517. The normalized spacial score (nSPS) is 41.2. The Morgan fingerprint density at radius 2 is 1.80 bits per heavy atom. The smallest absolute Gasteiger partial charge is 0.0447 e. The van der Waals surface area contributed by atoms with Crippen LogP contribution in [0.4, 0.5) is 0 Å². The summed E-state index contributed by atoms with van der Waals surface area (Å²) in [7, 11) is 0. The largest absolute Gasteiger partial charge is 0.258 e. The van der Waals surface area contributed by atoms with E-state index < -0.39 is 0 Å².